The molecular formula is C12H15ClN2O3. The number of amides is 1. The van der Waals surface area contributed by atoms with Crippen molar-refractivity contribution in [3.8, 4) is 0 Å². The Balaban J connectivity index is 2.49. The van der Waals surface area contributed by atoms with E-state index in [1.165, 1.54) is 12.3 Å². The van der Waals surface area contributed by atoms with E-state index in [0.29, 0.717) is 18.0 Å². The summed E-state index contributed by atoms with van der Waals surface area (Å²) in [6.07, 6.45) is 2.14. The Labute approximate surface area is 110 Å². The summed E-state index contributed by atoms with van der Waals surface area (Å²) in [5.74, 6) is -1.25. The topological polar surface area (TPSA) is 79.3 Å². The van der Waals surface area contributed by atoms with E-state index < -0.39 is 5.97 Å². The molecule has 1 unspecified atom stereocenters. The summed E-state index contributed by atoms with van der Waals surface area (Å²) in [6.45, 7) is 2.21. The predicted molar refractivity (Wildman–Crippen MR) is 67.6 cm³/mol. The number of carboxylic acid groups (broad SMARTS) is 1. The molecule has 18 heavy (non-hydrogen) atoms. The van der Waals surface area contributed by atoms with Crippen molar-refractivity contribution < 1.29 is 14.7 Å². The molecule has 6 heteroatoms. The largest absolute Gasteiger partial charge is 0.481 e. The smallest absolute Gasteiger partial charge is 0.303 e. The molecule has 0 aliphatic carbocycles. The fraction of sp³-hybridized carbons (Fsp3) is 0.417. The second-order valence-corrected chi connectivity index (χ2v) is 4.38. The number of aliphatic carboxylic acids is 1. The summed E-state index contributed by atoms with van der Waals surface area (Å²) in [5.41, 5.74) is 0.268. The van der Waals surface area contributed by atoms with Gasteiger partial charge in [-0.15, -0.1) is 0 Å². The molecule has 0 spiro atoms. The SMILES string of the molecule is CCC(CNC(=O)c1ccc(Cl)cn1)CC(=O)O. The molecule has 0 aliphatic heterocycles. The number of pyridine rings is 1. The Morgan fingerprint density at radius 2 is 2.22 bits per heavy atom. The van der Waals surface area contributed by atoms with Gasteiger partial charge in [0.25, 0.3) is 5.91 Å². The maximum atomic E-state index is 11.7. The highest BCUT2D eigenvalue weighted by Gasteiger charge is 2.13. The molecule has 0 bridgehead atoms. The first kappa shape index (κ1) is 14.4. The minimum absolute atomic E-state index is 0.0465. The highest BCUT2D eigenvalue weighted by molar-refractivity contribution is 6.30. The summed E-state index contributed by atoms with van der Waals surface area (Å²) in [4.78, 5) is 26.2. The fourth-order valence-electron chi connectivity index (χ4n) is 1.45. The highest BCUT2D eigenvalue weighted by atomic mass is 35.5. The lowest BCUT2D eigenvalue weighted by Crippen LogP contribution is -2.30. The predicted octanol–water partition coefficient (Wildman–Crippen LogP) is 1.97. The first-order valence-electron chi connectivity index (χ1n) is 5.64. The van der Waals surface area contributed by atoms with Gasteiger partial charge in [0.2, 0.25) is 0 Å². The van der Waals surface area contributed by atoms with E-state index in [0.717, 1.165) is 0 Å². The maximum absolute atomic E-state index is 11.7. The van der Waals surface area contributed by atoms with Gasteiger partial charge in [0.05, 0.1) is 5.02 Å². The zero-order valence-corrected chi connectivity index (χ0v) is 10.8. The van der Waals surface area contributed by atoms with Gasteiger partial charge in [-0.05, 0) is 18.1 Å². The van der Waals surface area contributed by atoms with Crippen LogP contribution in [0.25, 0.3) is 0 Å². The van der Waals surface area contributed by atoms with E-state index in [2.05, 4.69) is 10.3 Å². The number of aromatic nitrogens is 1. The van der Waals surface area contributed by atoms with Crippen LogP contribution in [0, 0.1) is 5.92 Å². The summed E-state index contributed by atoms with van der Waals surface area (Å²) in [5, 5.41) is 11.8. The standard InChI is InChI=1S/C12H15ClN2O3/c1-2-8(5-11(16)17)6-15-12(18)10-4-3-9(13)7-14-10/h3-4,7-8H,2,5-6H2,1H3,(H,15,18)(H,16,17). The molecule has 5 nitrogen and oxygen atoms in total. The van der Waals surface area contributed by atoms with Crippen molar-refractivity contribution in [2.75, 3.05) is 6.54 Å². The Morgan fingerprint density at radius 1 is 1.50 bits per heavy atom. The average Bonchev–Trinajstić information content (AvgIpc) is 2.34. The van der Waals surface area contributed by atoms with E-state index in [4.69, 9.17) is 16.7 Å². The van der Waals surface area contributed by atoms with Gasteiger partial charge in [-0.2, -0.15) is 0 Å². The van der Waals surface area contributed by atoms with Gasteiger partial charge >= 0.3 is 5.97 Å². The molecule has 1 amide bonds. The van der Waals surface area contributed by atoms with Crippen molar-refractivity contribution in [1.29, 1.82) is 0 Å². The summed E-state index contributed by atoms with van der Waals surface area (Å²) in [6, 6.07) is 3.10. The molecular weight excluding hydrogens is 256 g/mol. The lowest BCUT2D eigenvalue weighted by molar-refractivity contribution is -0.138. The van der Waals surface area contributed by atoms with Gasteiger partial charge in [-0.1, -0.05) is 24.9 Å². The van der Waals surface area contributed by atoms with E-state index in [1.807, 2.05) is 6.92 Å². The van der Waals surface area contributed by atoms with Gasteiger partial charge in [-0.25, -0.2) is 4.98 Å². The van der Waals surface area contributed by atoms with Crippen LogP contribution in [0.4, 0.5) is 0 Å². The van der Waals surface area contributed by atoms with Crippen molar-refractivity contribution in [3.05, 3.63) is 29.0 Å². The lowest BCUT2D eigenvalue weighted by Gasteiger charge is -2.13. The summed E-state index contributed by atoms with van der Waals surface area (Å²) >= 11 is 5.66. The molecule has 0 saturated heterocycles. The van der Waals surface area contributed by atoms with E-state index in [1.54, 1.807) is 6.07 Å². The van der Waals surface area contributed by atoms with Gasteiger partial charge in [0, 0.05) is 19.2 Å². The molecule has 0 radical (unpaired) electrons. The number of carbonyl (C=O) groups is 2. The Kier molecular flexibility index (Phi) is 5.58. The first-order valence-corrected chi connectivity index (χ1v) is 6.02. The number of carboxylic acids is 1. The number of halogens is 1. The van der Waals surface area contributed by atoms with E-state index >= 15 is 0 Å². The van der Waals surface area contributed by atoms with Crippen LogP contribution in [0.3, 0.4) is 0 Å². The van der Waals surface area contributed by atoms with Crippen LogP contribution >= 0.6 is 11.6 Å². The van der Waals surface area contributed by atoms with Crippen molar-refractivity contribution in [3.63, 3.8) is 0 Å². The van der Waals surface area contributed by atoms with E-state index in [9.17, 15) is 9.59 Å². The summed E-state index contributed by atoms with van der Waals surface area (Å²) < 4.78 is 0. The number of hydrogen-bond donors (Lipinski definition) is 2. The van der Waals surface area contributed by atoms with E-state index in [-0.39, 0.29) is 23.9 Å². The number of nitrogens with zero attached hydrogens (tertiary/aromatic N) is 1. The molecule has 0 saturated carbocycles. The van der Waals surface area contributed by atoms with Gasteiger partial charge in [0.1, 0.15) is 5.69 Å². The molecule has 1 atom stereocenters. The number of nitrogens with one attached hydrogen (secondary N) is 1. The second kappa shape index (κ2) is 6.96. The zero-order chi connectivity index (χ0) is 13.5. The van der Waals surface area contributed by atoms with Crippen molar-refractivity contribution >= 4 is 23.5 Å². The van der Waals surface area contributed by atoms with Crippen molar-refractivity contribution in [2.24, 2.45) is 5.92 Å². The number of rotatable bonds is 6. The molecule has 98 valence electrons. The molecule has 2 N–H and O–H groups in total. The molecule has 1 aromatic rings. The lowest BCUT2D eigenvalue weighted by atomic mass is 10.0. The number of hydrogen-bond acceptors (Lipinski definition) is 3. The maximum Gasteiger partial charge on any atom is 0.303 e. The molecule has 0 aliphatic rings. The van der Waals surface area contributed by atoms with Crippen LogP contribution in [0.1, 0.15) is 30.3 Å². The Hall–Kier alpha value is -1.62. The molecule has 0 fully saturated rings. The van der Waals surface area contributed by atoms with Crippen LogP contribution in [0.15, 0.2) is 18.3 Å². The first-order chi connectivity index (χ1) is 8.52. The van der Waals surface area contributed by atoms with Crippen molar-refractivity contribution in [2.45, 2.75) is 19.8 Å². The minimum Gasteiger partial charge on any atom is -0.481 e. The van der Waals surface area contributed by atoms with Gasteiger partial charge in [-0.3, -0.25) is 9.59 Å². The van der Waals surface area contributed by atoms with Crippen LogP contribution in [0.2, 0.25) is 5.02 Å². The number of carbonyl (C=O) groups excluding carboxylic acids is 1. The molecule has 1 aromatic heterocycles. The monoisotopic (exact) mass is 270 g/mol. The third-order valence-corrected chi connectivity index (χ3v) is 2.78. The molecule has 1 rings (SSSR count). The molecule has 1 heterocycles. The van der Waals surface area contributed by atoms with Crippen LogP contribution < -0.4 is 5.32 Å². The third-order valence-electron chi connectivity index (χ3n) is 2.55. The minimum atomic E-state index is -0.860. The van der Waals surface area contributed by atoms with Gasteiger partial charge < -0.3 is 10.4 Å². The average molecular weight is 271 g/mol. The quantitative estimate of drug-likeness (QED) is 0.828. The normalized spacial score (nSPS) is 11.9. The fourth-order valence-corrected chi connectivity index (χ4v) is 1.56. The van der Waals surface area contributed by atoms with Crippen LogP contribution in [-0.2, 0) is 4.79 Å². The van der Waals surface area contributed by atoms with Crippen molar-refractivity contribution in [1.82, 2.24) is 10.3 Å². The Morgan fingerprint density at radius 3 is 2.72 bits per heavy atom. The highest BCUT2D eigenvalue weighted by Crippen LogP contribution is 2.08. The summed E-state index contributed by atoms with van der Waals surface area (Å²) in [7, 11) is 0. The van der Waals surface area contributed by atoms with Crippen LogP contribution in [0.5, 0.6) is 0 Å². The van der Waals surface area contributed by atoms with Gasteiger partial charge in [0.15, 0.2) is 0 Å². The zero-order valence-electron chi connectivity index (χ0n) is 10.0. The van der Waals surface area contributed by atoms with Crippen LogP contribution in [-0.4, -0.2) is 28.5 Å². The third kappa shape index (κ3) is 4.71. The Bertz CT molecular complexity index is 420. The molecule has 0 aromatic carbocycles. The second-order valence-electron chi connectivity index (χ2n) is 3.94.